The molecule has 6 heteroatoms. The van der Waals surface area contributed by atoms with Gasteiger partial charge in [0.05, 0.1) is 5.69 Å². The van der Waals surface area contributed by atoms with Crippen LogP contribution < -0.4 is 4.90 Å². The quantitative estimate of drug-likeness (QED) is 0.843. The first-order valence-corrected chi connectivity index (χ1v) is 7.97. The van der Waals surface area contributed by atoms with Crippen LogP contribution >= 0.6 is 0 Å². The number of rotatable bonds is 4. The van der Waals surface area contributed by atoms with Crippen molar-refractivity contribution in [2.24, 2.45) is 0 Å². The maximum absolute atomic E-state index is 11.7. The third kappa shape index (κ3) is 3.03. The lowest BCUT2D eigenvalue weighted by Crippen LogP contribution is -2.49. The number of carbonyl (C=O) groups excluding carboxylic acids is 1. The molecule has 0 unspecified atom stereocenters. The highest BCUT2D eigenvalue weighted by Gasteiger charge is 2.24. The Hall–Kier alpha value is -2.16. The number of amides is 1. The van der Waals surface area contributed by atoms with E-state index in [0.29, 0.717) is 44.0 Å². The van der Waals surface area contributed by atoms with Crippen molar-refractivity contribution in [2.45, 2.75) is 40.0 Å². The van der Waals surface area contributed by atoms with E-state index >= 15 is 0 Å². The largest absolute Gasteiger partial charge is 0.350 e. The van der Waals surface area contributed by atoms with Gasteiger partial charge in [-0.1, -0.05) is 20.8 Å². The molecule has 0 aliphatic carbocycles. The Morgan fingerprint density at radius 2 is 1.82 bits per heavy atom. The van der Waals surface area contributed by atoms with Crippen molar-refractivity contribution in [3.05, 3.63) is 16.8 Å². The highest BCUT2D eigenvalue weighted by Crippen LogP contribution is 2.24. The van der Waals surface area contributed by atoms with Crippen LogP contribution in [0.25, 0.3) is 0 Å². The molecule has 1 aromatic heterocycles. The van der Waals surface area contributed by atoms with Gasteiger partial charge >= 0.3 is 0 Å². The molecule has 1 aromatic rings. The first-order chi connectivity index (χ1) is 10.7. The summed E-state index contributed by atoms with van der Waals surface area (Å²) in [5.74, 6) is 0.849. The summed E-state index contributed by atoms with van der Waals surface area (Å²) in [6, 6.07) is 2.31. The highest BCUT2D eigenvalue weighted by molar-refractivity contribution is 5.76. The number of nitrogens with zero attached hydrogens (tertiary/aromatic N) is 5. The molecular weight excluding hydrogens is 278 g/mol. The van der Waals surface area contributed by atoms with Crippen molar-refractivity contribution in [1.29, 1.82) is 5.26 Å². The van der Waals surface area contributed by atoms with Crippen molar-refractivity contribution < 1.29 is 4.79 Å². The summed E-state index contributed by atoms with van der Waals surface area (Å²) in [6.45, 7) is 8.70. The summed E-state index contributed by atoms with van der Waals surface area (Å²) in [5, 5.41) is 18.1. The summed E-state index contributed by atoms with van der Waals surface area (Å²) >= 11 is 0. The first kappa shape index (κ1) is 16.2. The monoisotopic (exact) mass is 301 g/mol. The van der Waals surface area contributed by atoms with Crippen molar-refractivity contribution >= 4 is 11.7 Å². The fraction of sp³-hybridized carbons (Fsp3) is 0.625. The maximum Gasteiger partial charge on any atom is 0.222 e. The molecule has 0 N–H and O–H groups in total. The molecule has 6 nitrogen and oxygen atoms in total. The number of hydrogen-bond acceptors (Lipinski definition) is 5. The van der Waals surface area contributed by atoms with E-state index in [2.05, 4.69) is 21.2 Å². The average molecular weight is 301 g/mol. The Balaban J connectivity index is 2.24. The van der Waals surface area contributed by atoms with Crippen LogP contribution in [0.3, 0.4) is 0 Å². The van der Waals surface area contributed by atoms with Gasteiger partial charge in [0.1, 0.15) is 11.6 Å². The molecule has 1 fully saturated rings. The molecule has 0 saturated carbocycles. The van der Waals surface area contributed by atoms with Gasteiger partial charge in [0.15, 0.2) is 5.82 Å². The summed E-state index contributed by atoms with van der Waals surface area (Å²) < 4.78 is 0. The van der Waals surface area contributed by atoms with Gasteiger partial charge in [-0.25, -0.2) is 0 Å². The van der Waals surface area contributed by atoms with Crippen molar-refractivity contribution in [2.75, 3.05) is 31.1 Å². The molecule has 2 rings (SSSR count). The van der Waals surface area contributed by atoms with E-state index < -0.39 is 0 Å². The molecule has 2 heterocycles. The lowest BCUT2D eigenvalue weighted by atomic mass is 10.0. The number of hydrogen-bond donors (Lipinski definition) is 0. The molecule has 22 heavy (non-hydrogen) atoms. The van der Waals surface area contributed by atoms with Gasteiger partial charge in [0.25, 0.3) is 0 Å². The Kier molecular flexibility index (Phi) is 5.31. The minimum Gasteiger partial charge on any atom is -0.350 e. The van der Waals surface area contributed by atoms with E-state index in [1.165, 1.54) is 0 Å². The van der Waals surface area contributed by atoms with Crippen molar-refractivity contribution in [3.8, 4) is 6.07 Å². The van der Waals surface area contributed by atoms with Crippen LogP contribution in [-0.4, -0.2) is 47.2 Å². The van der Waals surface area contributed by atoms with Gasteiger partial charge in [-0.05, 0) is 18.4 Å². The number of anilines is 1. The molecule has 0 aromatic carbocycles. The Morgan fingerprint density at radius 3 is 2.32 bits per heavy atom. The van der Waals surface area contributed by atoms with E-state index in [9.17, 15) is 10.1 Å². The average Bonchev–Trinajstić information content (AvgIpc) is 2.59. The molecule has 1 aliphatic rings. The van der Waals surface area contributed by atoms with Crippen molar-refractivity contribution in [3.63, 3.8) is 0 Å². The van der Waals surface area contributed by atoms with E-state index in [1.807, 2.05) is 25.7 Å². The predicted octanol–water partition coefficient (Wildman–Crippen LogP) is 1.53. The second kappa shape index (κ2) is 7.21. The number of carbonyl (C=O) groups is 1. The zero-order valence-corrected chi connectivity index (χ0v) is 13.6. The maximum atomic E-state index is 11.7. The lowest BCUT2D eigenvalue weighted by Gasteiger charge is -2.35. The van der Waals surface area contributed by atoms with Crippen LogP contribution in [-0.2, 0) is 17.6 Å². The first-order valence-electron chi connectivity index (χ1n) is 7.97. The van der Waals surface area contributed by atoms with Crippen LogP contribution in [0.5, 0.6) is 0 Å². The predicted molar refractivity (Wildman–Crippen MR) is 84.6 cm³/mol. The smallest absolute Gasteiger partial charge is 0.222 e. The number of nitriles is 1. The molecule has 1 amide bonds. The minimum atomic E-state index is 0.182. The second-order valence-electron chi connectivity index (χ2n) is 5.36. The molecule has 0 bridgehead atoms. The van der Waals surface area contributed by atoms with Gasteiger partial charge in [0.2, 0.25) is 5.91 Å². The van der Waals surface area contributed by atoms with Gasteiger partial charge in [-0.2, -0.15) is 10.4 Å². The Labute approximate surface area is 131 Å². The van der Waals surface area contributed by atoms with Crippen LogP contribution in [0.4, 0.5) is 5.82 Å². The standard InChI is InChI=1S/C16H23N5O/c1-4-12-13(11-17)16(19-18-14(12)5-2)21-9-7-20(8-10-21)15(22)6-3/h4-10H2,1-3H3. The Morgan fingerprint density at radius 1 is 1.14 bits per heavy atom. The molecule has 0 spiro atoms. The molecule has 1 aliphatic heterocycles. The van der Waals surface area contributed by atoms with Gasteiger partial charge < -0.3 is 9.80 Å². The third-order valence-corrected chi connectivity index (χ3v) is 4.17. The van der Waals surface area contributed by atoms with E-state index in [4.69, 9.17) is 0 Å². The summed E-state index contributed by atoms with van der Waals surface area (Å²) in [5.41, 5.74) is 2.55. The van der Waals surface area contributed by atoms with Crippen LogP contribution in [0, 0.1) is 11.3 Å². The molecule has 0 radical (unpaired) electrons. The summed E-state index contributed by atoms with van der Waals surface area (Å²) in [6.07, 6.45) is 2.10. The number of piperazine rings is 1. The van der Waals surface area contributed by atoms with E-state index in [-0.39, 0.29) is 5.91 Å². The van der Waals surface area contributed by atoms with Crippen LogP contribution in [0.2, 0.25) is 0 Å². The van der Waals surface area contributed by atoms with Gasteiger partial charge in [0, 0.05) is 32.6 Å². The summed E-state index contributed by atoms with van der Waals surface area (Å²) in [7, 11) is 0. The SMILES string of the molecule is CCC(=O)N1CCN(c2nnc(CC)c(CC)c2C#N)CC1. The van der Waals surface area contributed by atoms with Gasteiger partial charge in [-0.3, -0.25) is 4.79 Å². The number of aromatic nitrogens is 2. The fourth-order valence-electron chi connectivity index (χ4n) is 2.89. The van der Waals surface area contributed by atoms with E-state index in [1.54, 1.807) is 0 Å². The van der Waals surface area contributed by atoms with Crippen LogP contribution in [0.15, 0.2) is 0 Å². The van der Waals surface area contributed by atoms with Crippen LogP contribution in [0.1, 0.15) is 44.0 Å². The third-order valence-electron chi connectivity index (χ3n) is 4.17. The van der Waals surface area contributed by atoms with E-state index in [0.717, 1.165) is 24.1 Å². The fourth-order valence-corrected chi connectivity index (χ4v) is 2.89. The second-order valence-corrected chi connectivity index (χ2v) is 5.36. The highest BCUT2D eigenvalue weighted by atomic mass is 16.2. The molecular formula is C16H23N5O. The summed E-state index contributed by atoms with van der Waals surface area (Å²) in [4.78, 5) is 15.7. The Bertz CT molecular complexity index is 585. The number of aryl methyl sites for hydroxylation is 1. The zero-order chi connectivity index (χ0) is 16.1. The topological polar surface area (TPSA) is 73.1 Å². The zero-order valence-electron chi connectivity index (χ0n) is 13.6. The normalized spacial score (nSPS) is 14.8. The molecule has 118 valence electrons. The lowest BCUT2D eigenvalue weighted by molar-refractivity contribution is -0.131. The molecule has 1 saturated heterocycles. The molecule has 0 atom stereocenters. The van der Waals surface area contributed by atoms with Crippen molar-refractivity contribution in [1.82, 2.24) is 15.1 Å². The minimum absolute atomic E-state index is 0.182. The van der Waals surface area contributed by atoms with Gasteiger partial charge in [-0.15, -0.1) is 5.10 Å².